The Labute approximate surface area is 86.0 Å². The molecule has 0 saturated carbocycles. The molecule has 0 saturated heterocycles. The number of imidazole rings is 1. The van der Waals surface area contributed by atoms with Gasteiger partial charge in [-0.3, -0.25) is 4.57 Å². The van der Waals surface area contributed by atoms with Crippen LogP contribution >= 0.6 is 0 Å². The number of nitro groups is 1. The van der Waals surface area contributed by atoms with Gasteiger partial charge in [-0.2, -0.15) is 0 Å². The molecule has 2 rings (SSSR count). The summed E-state index contributed by atoms with van der Waals surface area (Å²) in [6, 6.07) is 0.279. The van der Waals surface area contributed by atoms with Crippen molar-refractivity contribution in [3.8, 4) is 6.01 Å². The number of aryl methyl sites for hydroxylation is 1. The molecule has 0 radical (unpaired) electrons. The number of ether oxygens (including phenoxy) is 1. The van der Waals surface area contributed by atoms with Gasteiger partial charge in [-0.25, -0.2) is 0 Å². The molecule has 82 valence electrons. The molecule has 7 heteroatoms. The summed E-state index contributed by atoms with van der Waals surface area (Å²) in [7, 11) is 0. The van der Waals surface area contributed by atoms with Gasteiger partial charge in [-0.1, -0.05) is 0 Å². The molecule has 1 aliphatic rings. The molecule has 2 N–H and O–H groups in total. The highest BCUT2D eigenvalue weighted by Crippen LogP contribution is 2.28. The van der Waals surface area contributed by atoms with Crippen LogP contribution in [0.1, 0.15) is 13.3 Å². The summed E-state index contributed by atoms with van der Waals surface area (Å²) in [6.45, 7) is 2.88. The molecule has 0 amide bonds. The molecule has 1 aromatic rings. The van der Waals surface area contributed by atoms with Crippen LogP contribution in [-0.4, -0.2) is 26.6 Å². The number of aromatic nitrogens is 2. The van der Waals surface area contributed by atoms with E-state index in [0.29, 0.717) is 13.1 Å². The van der Waals surface area contributed by atoms with Crippen molar-refractivity contribution in [1.29, 1.82) is 0 Å². The van der Waals surface area contributed by atoms with Crippen molar-refractivity contribution in [3.05, 3.63) is 16.3 Å². The highest BCUT2D eigenvalue weighted by Gasteiger charge is 2.35. The molecule has 15 heavy (non-hydrogen) atoms. The van der Waals surface area contributed by atoms with Crippen LogP contribution in [0.2, 0.25) is 0 Å². The average molecular weight is 212 g/mol. The van der Waals surface area contributed by atoms with E-state index in [0.717, 1.165) is 6.42 Å². The minimum Gasteiger partial charge on any atom is -0.438 e. The van der Waals surface area contributed by atoms with Gasteiger partial charge in [0.25, 0.3) is 0 Å². The number of hydrogen-bond acceptors (Lipinski definition) is 5. The first-order chi connectivity index (χ1) is 7.04. The maximum absolute atomic E-state index is 10.5. The number of nitrogens with zero attached hydrogens (tertiary/aromatic N) is 3. The van der Waals surface area contributed by atoms with Crippen LogP contribution in [0, 0.1) is 10.1 Å². The van der Waals surface area contributed by atoms with E-state index in [1.807, 2.05) is 6.92 Å². The van der Waals surface area contributed by atoms with Crippen LogP contribution in [-0.2, 0) is 6.54 Å². The fraction of sp³-hybridized carbons (Fsp3) is 0.625. The molecule has 0 aliphatic carbocycles. The van der Waals surface area contributed by atoms with E-state index in [2.05, 4.69) is 4.98 Å². The van der Waals surface area contributed by atoms with Crippen molar-refractivity contribution in [1.82, 2.24) is 9.55 Å². The summed E-state index contributed by atoms with van der Waals surface area (Å²) in [5, 5.41) is 10.5. The van der Waals surface area contributed by atoms with Gasteiger partial charge in [-0.05, 0) is 11.8 Å². The lowest BCUT2D eigenvalue weighted by Gasteiger charge is -2.31. The third-order valence-corrected chi connectivity index (χ3v) is 2.57. The first kappa shape index (κ1) is 9.91. The van der Waals surface area contributed by atoms with Crippen molar-refractivity contribution >= 4 is 5.82 Å². The summed E-state index contributed by atoms with van der Waals surface area (Å²) >= 11 is 0. The second kappa shape index (κ2) is 3.20. The van der Waals surface area contributed by atoms with Crippen molar-refractivity contribution in [3.63, 3.8) is 0 Å². The maximum atomic E-state index is 10.5. The van der Waals surface area contributed by atoms with Crippen LogP contribution in [0.25, 0.3) is 0 Å². The van der Waals surface area contributed by atoms with Crippen molar-refractivity contribution in [2.24, 2.45) is 5.73 Å². The topological polar surface area (TPSA) is 96.2 Å². The van der Waals surface area contributed by atoms with Crippen LogP contribution < -0.4 is 10.5 Å². The van der Waals surface area contributed by atoms with Gasteiger partial charge >= 0.3 is 11.8 Å². The highest BCUT2D eigenvalue weighted by atomic mass is 16.6. The van der Waals surface area contributed by atoms with Crippen molar-refractivity contribution in [2.45, 2.75) is 25.5 Å². The van der Waals surface area contributed by atoms with Crippen LogP contribution in [0.3, 0.4) is 0 Å². The Kier molecular flexibility index (Phi) is 2.11. The second-order valence-corrected chi connectivity index (χ2v) is 3.84. The van der Waals surface area contributed by atoms with Crippen LogP contribution in [0.5, 0.6) is 6.01 Å². The van der Waals surface area contributed by atoms with Gasteiger partial charge in [0.2, 0.25) is 0 Å². The van der Waals surface area contributed by atoms with Gasteiger partial charge in [0.15, 0.2) is 0 Å². The number of rotatable bonds is 2. The zero-order chi connectivity index (χ0) is 11.1. The molecule has 1 unspecified atom stereocenters. The Morgan fingerprint density at radius 1 is 1.87 bits per heavy atom. The predicted octanol–water partition coefficient (Wildman–Crippen LogP) is 0.291. The van der Waals surface area contributed by atoms with E-state index >= 15 is 0 Å². The standard InChI is InChI=1S/C8H12N4O3/c1-8(5-9)2-3-11-4-6(12(13)14)10-7(11)15-8/h4H,2-3,5,9H2,1H3. The highest BCUT2D eigenvalue weighted by molar-refractivity contribution is 5.22. The normalized spacial score (nSPS) is 24.4. The van der Waals surface area contributed by atoms with E-state index in [1.165, 1.54) is 6.20 Å². The van der Waals surface area contributed by atoms with E-state index in [4.69, 9.17) is 10.5 Å². The lowest BCUT2D eigenvalue weighted by atomic mass is 10.0. The Hall–Kier alpha value is -1.63. The van der Waals surface area contributed by atoms with Gasteiger partial charge in [0.1, 0.15) is 11.8 Å². The van der Waals surface area contributed by atoms with E-state index in [1.54, 1.807) is 4.57 Å². The molecule has 1 aliphatic heterocycles. The summed E-state index contributed by atoms with van der Waals surface area (Å²) in [5.41, 5.74) is 5.10. The monoisotopic (exact) mass is 212 g/mol. The van der Waals surface area contributed by atoms with E-state index < -0.39 is 10.5 Å². The molecule has 1 aromatic heterocycles. The number of hydrogen-bond donors (Lipinski definition) is 1. The van der Waals surface area contributed by atoms with Gasteiger partial charge in [0.05, 0.1) is 0 Å². The Balaban J connectivity index is 2.30. The third kappa shape index (κ3) is 1.65. The SMILES string of the molecule is CC1(CN)CCn2cc([N+](=O)[O-])nc2O1. The summed E-state index contributed by atoms with van der Waals surface area (Å²) < 4.78 is 7.16. The van der Waals surface area contributed by atoms with E-state index in [9.17, 15) is 10.1 Å². The Morgan fingerprint density at radius 3 is 3.20 bits per heavy atom. The molecule has 7 nitrogen and oxygen atoms in total. The first-order valence-corrected chi connectivity index (χ1v) is 4.65. The number of nitrogens with two attached hydrogens (primary N) is 1. The molecular weight excluding hydrogens is 200 g/mol. The largest absolute Gasteiger partial charge is 0.438 e. The predicted molar refractivity (Wildman–Crippen MR) is 51.6 cm³/mol. The minimum absolute atomic E-state index is 0.189. The zero-order valence-electron chi connectivity index (χ0n) is 8.34. The summed E-state index contributed by atoms with van der Waals surface area (Å²) in [4.78, 5) is 13.7. The lowest BCUT2D eigenvalue weighted by molar-refractivity contribution is -0.389. The van der Waals surface area contributed by atoms with Gasteiger partial charge in [-0.15, -0.1) is 0 Å². The van der Waals surface area contributed by atoms with E-state index in [-0.39, 0.29) is 11.8 Å². The van der Waals surface area contributed by atoms with Gasteiger partial charge in [0, 0.05) is 24.5 Å². The van der Waals surface area contributed by atoms with Gasteiger partial charge < -0.3 is 20.6 Å². The minimum atomic E-state index is -0.533. The van der Waals surface area contributed by atoms with Crippen LogP contribution in [0.15, 0.2) is 6.20 Å². The summed E-state index contributed by atoms with van der Waals surface area (Å²) in [5.74, 6) is -0.189. The first-order valence-electron chi connectivity index (χ1n) is 4.65. The zero-order valence-corrected chi connectivity index (χ0v) is 8.34. The Bertz CT molecular complexity index is 403. The lowest BCUT2D eigenvalue weighted by Crippen LogP contribution is -2.44. The molecular formula is C8H12N4O3. The fourth-order valence-corrected chi connectivity index (χ4v) is 1.49. The second-order valence-electron chi connectivity index (χ2n) is 3.84. The molecule has 0 bridgehead atoms. The maximum Gasteiger partial charge on any atom is 0.414 e. The number of fused-ring (bicyclic) bond motifs is 1. The smallest absolute Gasteiger partial charge is 0.414 e. The summed E-state index contributed by atoms with van der Waals surface area (Å²) in [6.07, 6.45) is 2.11. The molecule has 0 spiro atoms. The third-order valence-electron chi connectivity index (χ3n) is 2.57. The quantitative estimate of drug-likeness (QED) is 0.561. The van der Waals surface area contributed by atoms with Crippen molar-refractivity contribution in [2.75, 3.05) is 6.54 Å². The fourth-order valence-electron chi connectivity index (χ4n) is 1.49. The molecule has 2 heterocycles. The molecule has 1 atom stereocenters. The molecule has 0 fully saturated rings. The molecule has 0 aromatic carbocycles. The average Bonchev–Trinajstić information content (AvgIpc) is 2.60. The van der Waals surface area contributed by atoms with Crippen LogP contribution in [0.4, 0.5) is 5.82 Å². The van der Waals surface area contributed by atoms with Crippen molar-refractivity contribution < 1.29 is 9.66 Å². The Morgan fingerprint density at radius 2 is 2.60 bits per heavy atom.